The number of anilines is 1. The zero-order valence-corrected chi connectivity index (χ0v) is 13.1. The molecule has 10 nitrogen and oxygen atoms in total. The highest BCUT2D eigenvalue weighted by molar-refractivity contribution is 6.31. The van der Waals surface area contributed by atoms with Gasteiger partial charge in [0.2, 0.25) is 5.91 Å². The minimum atomic E-state index is -0.650. The molecule has 126 valence electrons. The van der Waals surface area contributed by atoms with Crippen LogP contribution in [0, 0.1) is 26.1 Å². The summed E-state index contributed by atoms with van der Waals surface area (Å²) in [4.78, 5) is 32.5. The molecule has 1 atom stereocenters. The summed E-state index contributed by atoms with van der Waals surface area (Å²) in [6.07, 6.45) is 2.28. The van der Waals surface area contributed by atoms with Crippen molar-refractivity contribution < 1.29 is 14.6 Å². The number of carbonyl (C=O) groups is 1. The van der Waals surface area contributed by atoms with E-state index in [2.05, 4.69) is 10.4 Å². The molecule has 0 aliphatic heterocycles. The van der Waals surface area contributed by atoms with E-state index in [9.17, 15) is 25.0 Å². The molecule has 0 bridgehead atoms. The molecule has 0 aliphatic carbocycles. The molecule has 0 radical (unpaired) electrons. The summed E-state index contributed by atoms with van der Waals surface area (Å²) in [6.45, 7) is 1.66. The Kier molecular flexibility index (Phi) is 5.09. The smallest absolute Gasteiger partial charge is 0.306 e. The Morgan fingerprint density at radius 2 is 2.08 bits per heavy atom. The van der Waals surface area contributed by atoms with Gasteiger partial charge in [0, 0.05) is 11.1 Å². The van der Waals surface area contributed by atoms with Gasteiger partial charge < -0.3 is 5.32 Å². The topological polar surface area (TPSA) is 133 Å². The Labute approximate surface area is 140 Å². The predicted octanol–water partition coefficient (Wildman–Crippen LogP) is 2.63. The molecule has 2 aromatic rings. The summed E-state index contributed by atoms with van der Waals surface area (Å²) in [5.41, 5.74) is -0.485. The quantitative estimate of drug-likeness (QED) is 0.626. The first-order valence-electron chi connectivity index (χ1n) is 6.69. The molecular formula is C13H12ClN5O5. The molecular weight excluding hydrogens is 342 g/mol. The van der Waals surface area contributed by atoms with Gasteiger partial charge in [-0.05, 0) is 12.1 Å². The Hall–Kier alpha value is -3.01. The average Bonchev–Trinajstić information content (AvgIpc) is 2.97. The van der Waals surface area contributed by atoms with Crippen LogP contribution in [0.4, 0.5) is 17.1 Å². The van der Waals surface area contributed by atoms with Crippen LogP contribution in [-0.2, 0) is 11.3 Å². The maximum atomic E-state index is 12.2. The minimum Gasteiger partial charge on any atom is -0.320 e. The standard InChI is InChI=1S/C13H12ClN5O5/c1-8(6-17-7-10(5-15-17)18(21)22)13(20)16-11-3-2-9(14)4-12(11)19(23)24/h2-5,7-8H,6H2,1H3,(H,16,20). The highest BCUT2D eigenvalue weighted by Crippen LogP contribution is 2.28. The number of benzene rings is 1. The molecule has 0 spiro atoms. The summed E-state index contributed by atoms with van der Waals surface area (Å²) in [6, 6.07) is 3.90. The highest BCUT2D eigenvalue weighted by Gasteiger charge is 2.21. The summed E-state index contributed by atoms with van der Waals surface area (Å²) in [5, 5.41) is 28.0. The number of aromatic nitrogens is 2. The van der Waals surface area contributed by atoms with Crippen molar-refractivity contribution in [2.75, 3.05) is 5.32 Å². The van der Waals surface area contributed by atoms with Gasteiger partial charge in [-0.3, -0.25) is 29.7 Å². The van der Waals surface area contributed by atoms with Crippen molar-refractivity contribution >= 4 is 34.6 Å². The molecule has 0 aliphatic rings. The Morgan fingerprint density at radius 1 is 1.38 bits per heavy atom. The molecule has 1 N–H and O–H groups in total. The van der Waals surface area contributed by atoms with Crippen molar-refractivity contribution in [1.82, 2.24) is 9.78 Å². The van der Waals surface area contributed by atoms with E-state index in [1.54, 1.807) is 6.92 Å². The number of hydrogen-bond donors (Lipinski definition) is 1. The fourth-order valence-corrected chi connectivity index (χ4v) is 2.09. The molecule has 0 fully saturated rings. The van der Waals surface area contributed by atoms with Crippen molar-refractivity contribution in [2.45, 2.75) is 13.5 Å². The van der Waals surface area contributed by atoms with Gasteiger partial charge in [-0.2, -0.15) is 5.10 Å². The van der Waals surface area contributed by atoms with E-state index in [1.807, 2.05) is 0 Å². The van der Waals surface area contributed by atoms with Crippen LogP contribution in [0.1, 0.15) is 6.92 Å². The van der Waals surface area contributed by atoms with Crippen molar-refractivity contribution in [2.24, 2.45) is 5.92 Å². The van der Waals surface area contributed by atoms with Crippen LogP contribution in [-0.4, -0.2) is 25.5 Å². The second-order valence-corrected chi connectivity index (χ2v) is 5.42. The van der Waals surface area contributed by atoms with Crippen LogP contribution in [0.2, 0.25) is 5.02 Å². The summed E-state index contributed by atoms with van der Waals surface area (Å²) >= 11 is 5.71. The van der Waals surface area contributed by atoms with Crippen LogP contribution in [0.3, 0.4) is 0 Å². The molecule has 1 aromatic heterocycles. The summed E-state index contributed by atoms with van der Waals surface area (Å²) in [5.74, 6) is -1.11. The fourth-order valence-electron chi connectivity index (χ4n) is 1.93. The van der Waals surface area contributed by atoms with Gasteiger partial charge in [0.25, 0.3) is 5.69 Å². The zero-order chi connectivity index (χ0) is 17.9. The third kappa shape index (κ3) is 4.04. The van der Waals surface area contributed by atoms with Gasteiger partial charge in [0.15, 0.2) is 0 Å². The van der Waals surface area contributed by atoms with Gasteiger partial charge in [-0.25, -0.2) is 0 Å². The Morgan fingerprint density at radius 3 is 2.67 bits per heavy atom. The number of hydrogen-bond acceptors (Lipinski definition) is 6. The molecule has 11 heteroatoms. The maximum absolute atomic E-state index is 12.2. The second kappa shape index (κ2) is 7.04. The molecule has 1 unspecified atom stereocenters. The van der Waals surface area contributed by atoms with Gasteiger partial charge in [0.1, 0.15) is 18.1 Å². The molecule has 1 amide bonds. The highest BCUT2D eigenvalue weighted by atomic mass is 35.5. The number of nitro benzene ring substituents is 1. The zero-order valence-electron chi connectivity index (χ0n) is 12.4. The molecule has 0 saturated carbocycles. The number of nitro groups is 2. The van der Waals surface area contributed by atoms with Crippen LogP contribution in [0.5, 0.6) is 0 Å². The minimum absolute atomic E-state index is 0.0210. The van der Waals surface area contributed by atoms with Crippen molar-refractivity contribution in [1.29, 1.82) is 0 Å². The van der Waals surface area contributed by atoms with E-state index in [1.165, 1.54) is 23.0 Å². The summed E-state index contributed by atoms with van der Waals surface area (Å²) < 4.78 is 1.26. The van der Waals surface area contributed by atoms with Crippen LogP contribution >= 0.6 is 11.6 Å². The molecule has 2 rings (SSSR count). The van der Waals surface area contributed by atoms with Crippen molar-refractivity contribution in [3.63, 3.8) is 0 Å². The second-order valence-electron chi connectivity index (χ2n) is 4.99. The monoisotopic (exact) mass is 353 g/mol. The maximum Gasteiger partial charge on any atom is 0.306 e. The van der Waals surface area contributed by atoms with E-state index in [0.717, 1.165) is 12.3 Å². The van der Waals surface area contributed by atoms with E-state index in [-0.39, 0.29) is 28.6 Å². The first kappa shape index (κ1) is 17.3. The number of rotatable bonds is 6. The lowest BCUT2D eigenvalue weighted by Gasteiger charge is -2.12. The normalized spacial score (nSPS) is 11.8. The third-order valence-electron chi connectivity index (χ3n) is 3.15. The number of halogens is 1. The van der Waals surface area contributed by atoms with E-state index < -0.39 is 21.7 Å². The molecule has 24 heavy (non-hydrogen) atoms. The van der Waals surface area contributed by atoms with Gasteiger partial charge in [-0.15, -0.1) is 0 Å². The Bertz CT molecular complexity index is 806. The lowest BCUT2D eigenvalue weighted by Crippen LogP contribution is -2.25. The van der Waals surface area contributed by atoms with Gasteiger partial charge in [-0.1, -0.05) is 18.5 Å². The van der Waals surface area contributed by atoms with Crippen LogP contribution in [0.15, 0.2) is 30.6 Å². The first-order valence-corrected chi connectivity index (χ1v) is 7.07. The van der Waals surface area contributed by atoms with E-state index in [0.29, 0.717) is 0 Å². The number of carbonyl (C=O) groups excluding carboxylic acids is 1. The first-order chi connectivity index (χ1) is 11.3. The third-order valence-corrected chi connectivity index (χ3v) is 3.39. The number of nitrogens with one attached hydrogen (secondary N) is 1. The largest absolute Gasteiger partial charge is 0.320 e. The molecule has 1 aromatic carbocycles. The van der Waals surface area contributed by atoms with Crippen LogP contribution in [0.25, 0.3) is 0 Å². The van der Waals surface area contributed by atoms with Crippen molar-refractivity contribution in [3.05, 3.63) is 55.8 Å². The van der Waals surface area contributed by atoms with Crippen LogP contribution < -0.4 is 5.32 Å². The van der Waals surface area contributed by atoms with Crippen molar-refractivity contribution in [3.8, 4) is 0 Å². The summed E-state index contributed by atoms with van der Waals surface area (Å²) in [7, 11) is 0. The SMILES string of the molecule is CC(Cn1cc([N+](=O)[O-])cn1)C(=O)Nc1ccc(Cl)cc1[N+](=O)[O-]. The molecule has 0 saturated heterocycles. The fraction of sp³-hybridized carbons (Fsp3) is 0.231. The average molecular weight is 354 g/mol. The van der Waals surface area contributed by atoms with E-state index >= 15 is 0 Å². The number of amides is 1. The molecule has 1 heterocycles. The lowest BCUT2D eigenvalue weighted by molar-refractivity contribution is -0.385. The Balaban J connectivity index is 2.08. The van der Waals surface area contributed by atoms with E-state index in [4.69, 9.17) is 11.6 Å². The lowest BCUT2D eigenvalue weighted by atomic mass is 10.1. The predicted molar refractivity (Wildman–Crippen MR) is 84.8 cm³/mol. The number of nitrogens with zero attached hydrogens (tertiary/aromatic N) is 4. The van der Waals surface area contributed by atoms with Gasteiger partial charge >= 0.3 is 5.69 Å². The van der Waals surface area contributed by atoms with Gasteiger partial charge in [0.05, 0.1) is 22.3 Å².